The monoisotopic (exact) mass is 413 g/mol. The normalized spacial score (nSPS) is 21.3. The lowest BCUT2D eigenvalue weighted by Crippen LogP contribution is -2.44. The molecule has 4 rings (SSSR count). The highest BCUT2D eigenvalue weighted by Crippen LogP contribution is 2.34. The molecule has 0 spiro atoms. The number of nitrogens with zero attached hydrogens (tertiary/aromatic N) is 3. The van der Waals surface area contributed by atoms with Gasteiger partial charge in [0, 0.05) is 13.5 Å². The van der Waals surface area contributed by atoms with E-state index in [1.54, 1.807) is 16.2 Å². The Labute approximate surface area is 176 Å². The zero-order valence-electron chi connectivity index (χ0n) is 17.8. The molecule has 2 N–H and O–H groups in total. The van der Waals surface area contributed by atoms with Gasteiger partial charge in [0.05, 0.1) is 11.0 Å². The van der Waals surface area contributed by atoms with E-state index in [9.17, 15) is 14.4 Å². The van der Waals surface area contributed by atoms with Crippen LogP contribution < -0.4 is 16.3 Å². The van der Waals surface area contributed by atoms with Crippen LogP contribution in [0, 0.1) is 0 Å². The second kappa shape index (κ2) is 8.73. The van der Waals surface area contributed by atoms with Crippen molar-refractivity contribution in [2.45, 2.75) is 44.1 Å². The SMILES string of the molecule is CNCCCN1CCC(c2cccc3c2n(C)c(=O)n3C2CCC(=O)NC2=O)CC1. The van der Waals surface area contributed by atoms with Gasteiger partial charge in [-0.1, -0.05) is 12.1 Å². The zero-order valence-corrected chi connectivity index (χ0v) is 17.8. The standard InChI is InChI=1S/C22H31N5O3/c1-23-11-4-12-26-13-9-15(10-14-26)16-5-3-6-17-20(16)25(2)22(30)27(17)18-7-8-19(28)24-21(18)29/h3,5-6,15,18,23H,4,7-14H2,1-2H3,(H,24,28,29). The van der Waals surface area contributed by atoms with Crippen molar-refractivity contribution in [1.29, 1.82) is 0 Å². The number of para-hydroxylation sites is 1. The van der Waals surface area contributed by atoms with Crippen molar-refractivity contribution in [3.63, 3.8) is 0 Å². The largest absolute Gasteiger partial charge is 0.329 e. The Kier molecular flexibility index (Phi) is 6.06. The molecule has 2 aliphatic heterocycles. The fourth-order valence-electron chi connectivity index (χ4n) is 4.97. The zero-order chi connectivity index (χ0) is 21.3. The van der Waals surface area contributed by atoms with Crippen LogP contribution in [0.4, 0.5) is 0 Å². The van der Waals surface area contributed by atoms with Crippen LogP contribution in [0.1, 0.15) is 49.6 Å². The van der Waals surface area contributed by atoms with Gasteiger partial charge in [-0.3, -0.25) is 24.0 Å². The summed E-state index contributed by atoms with van der Waals surface area (Å²) in [7, 11) is 3.77. The highest BCUT2D eigenvalue weighted by molar-refractivity contribution is 6.00. The van der Waals surface area contributed by atoms with Gasteiger partial charge >= 0.3 is 5.69 Å². The Bertz CT molecular complexity index is 1000. The van der Waals surface area contributed by atoms with E-state index in [0.717, 1.165) is 56.5 Å². The van der Waals surface area contributed by atoms with Crippen molar-refractivity contribution in [1.82, 2.24) is 24.7 Å². The van der Waals surface area contributed by atoms with Crippen LogP contribution >= 0.6 is 0 Å². The fourth-order valence-corrected chi connectivity index (χ4v) is 4.97. The molecule has 8 nitrogen and oxygen atoms in total. The Morgan fingerprint density at radius 1 is 1.13 bits per heavy atom. The van der Waals surface area contributed by atoms with Gasteiger partial charge in [0.2, 0.25) is 11.8 Å². The first-order chi connectivity index (χ1) is 14.5. The molecule has 0 aliphatic carbocycles. The van der Waals surface area contributed by atoms with E-state index in [1.807, 2.05) is 19.2 Å². The lowest BCUT2D eigenvalue weighted by molar-refractivity contribution is -0.135. The number of amides is 2. The number of fused-ring (bicyclic) bond motifs is 1. The van der Waals surface area contributed by atoms with E-state index in [0.29, 0.717) is 12.3 Å². The maximum atomic E-state index is 13.1. The number of aryl methyl sites for hydroxylation is 1. The number of imide groups is 1. The molecule has 0 bridgehead atoms. The van der Waals surface area contributed by atoms with Crippen molar-refractivity contribution in [2.75, 3.05) is 33.2 Å². The van der Waals surface area contributed by atoms with E-state index in [1.165, 1.54) is 5.56 Å². The first-order valence-corrected chi connectivity index (χ1v) is 10.9. The van der Waals surface area contributed by atoms with Crippen LogP contribution in [0.5, 0.6) is 0 Å². The molecule has 8 heteroatoms. The molecule has 2 aliphatic rings. The summed E-state index contributed by atoms with van der Waals surface area (Å²) in [5.41, 5.74) is 2.69. The number of rotatable bonds is 6. The quantitative estimate of drug-likeness (QED) is 0.547. The third kappa shape index (κ3) is 3.81. The number of carbonyl (C=O) groups excluding carboxylic acids is 2. The van der Waals surface area contributed by atoms with Gasteiger partial charge < -0.3 is 10.2 Å². The molecule has 1 atom stereocenters. The number of likely N-dealkylation sites (tertiary alicyclic amines) is 1. The molecule has 3 heterocycles. The van der Waals surface area contributed by atoms with Crippen LogP contribution in [0.2, 0.25) is 0 Å². The summed E-state index contributed by atoms with van der Waals surface area (Å²) in [5, 5.41) is 5.58. The number of benzene rings is 1. The fraction of sp³-hybridized carbons (Fsp3) is 0.591. The van der Waals surface area contributed by atoms with Gasteiger partial charge in [-0.05, 0) is 76.5 Å². The maximum Gasteiger partial charge on any atom is 0.329 e. The molecule has 0 radical (unpaired) electrons. The maximum absolute atomic E-state index is 13.1. The van der Waals surface area contributed by atoms with Crippen LogP contribution in [-0.4, -0.2) is 59.1 Å². The second-order valence-corrected chi connectivity index (χ2v) is 8.47. The minimum absolute atomic E-state index is 0.198. The molecule has 30 heavy (non-hydrogen) atoms. The minimum Gasteiger partial charge on any atom is -0.320 e. The summed E-state index contributed by atoms with van der Waals surface area (Å²) >= 11 is 0. The predicted octanol–water partition coefficient (Wildman–Crippen LogP) is 1.11. The van der Waals surface area contributed by atoms with Gasteiger partial charge in [-0.25, -0.2) is 4.79 Å². The van der Waals surface area contributed by atoms with Crippen molar-refractivity contribution >= 4 is 22.8 Å². The molecule has 2 saturated heterocycles. The smallest absolute Gasteiger partial charge is 0.320 e. The highest BCUT2D eigenvalue weighted by Gasteiger charge is 2.32. The summed E-state index contributed by atoms with van der Waals surface area (Å²) in [6, 6.07) is 5.39. The van der Waals surface area contributed by atoms with Crippen molar-refractivity contribution in [3.05, 3.63) is 34.2 Å². The Morgan fingerprint density at radius 3 is 2.60 bits per heavy atom. The van der Waals surface area contributed by atoms with Crippen molar-refractivity contribution < 1.29 is 9.59 Å². The van der Waals surface area contributed by atoms with E-state index in [4.69, 9.17) is 0 Å². The molecule has 162 valence electrons. The summed E-state index contributed by atoms with van der Waals surface area (Å²) in [6.07, 6.45) is 3.90. The summed E-state index contributed by atoms with van der Waals surface area (Å²) in [6.45, 7) is 4.27. The van der Waals surface area contributed by atoms with Gasteiger partial charge in [-0.15, -0.1) is 0 Å². The average Bonchev–Trinajstić information content (AvgIpc) is 3.00. The summed E-state index contributed by atoms with van der Waals surface area (Å²) < 4.78 is 3.25. The second-order valence-electron chi connectivity index (χ2n) is 8.47. The Morgan fingerprint density at radius 2 is 1.90 bits per heavy atom. The third-order valence-corrected chi connectivity index (χ3v) is 6.58. The van der Waals surface area contributed by atoms with E-state index in [2.05, 4.69) is 21.6 Å². The molecule has 1 aromatic carbocycles. The van der Waals surface area contributed by atoms with E-state index < -0.39 is 6.04 Å². The first-order valence-electron chi connectivity index (χ1n) is 10.9. The van der Waals surface area contributed by atoms with Crippen LogP contribution in [-0.2, 0) is 16.6 Å². The van der Waals surface area contributed by atoms with Crippen LogP contribution in [0.25, 0.3) is 11.0 Å². The Hall–Kier alpha value is -2.45. The topological polar surface area (TPSA) is 88.4 Å². The van der Waals surface area contributed by atoms with Crippen LogP contribution in [0.15, 0.2) is 23.0 Å². The molecular formula is C22H31N5O3. The van der Waals surface area contributed by atoms with Crippen molar-refractivity contribution in [3.8, 4) is 0 Å². The summed E-state index contributed by atoms with van der Waals surface area (Å²) in [4.78, 5) is 39.6. The van der Waals surface area contributed by atoms with Gasteiger partial charge in [0.25, 0.3) is 0 Å². The number of nitrogens with one attached hydrogen (secondary N) is 2. The molecule has 0 saturated carbocycles. The number of hydrogen-bond acceptors (Lipinski definition) is 5. The highest BCUT2D eigenvalue weighted by atomic mass is 16.2. The first kappa shape index (κ1) is 20.8. The number of carbonyl (C=O) groups is 2. The lowest BCUT2D eigenvalue weighted by atomic mass is 9.88. The predicted molar refractivity (Wildman–Crippen MR) is 116 cm³/mol. The molecule has 1 aromatic heterocycles. The minimum atomic E-state index is -0.636. The van der Waals surface area contributed by atoms with Crippen molar-refractivity contribution in [2.24, 2.45) is 7.05 Å². The van der Waals surface area contributed by atoms with E-state index >= 15 is 0 Å². The lowest BCUT2D eigenvalue weighted by Gasteiger charge is -2.32. The number of imidazole rings is 1. The van der Waals surface area contributed by atoms with Gasteiger partial charge in [0.1, 0.15) is 6.04 Å². The Balaban J connectivity index is 1.62. The molecule has 2 amide bonds. The molecule has 2 fully saturated rings. The van der Waals surface area contributed by atoms with E-state index in [-0.39, 0.29) is 23.9 Å². The molecule has 1 unspecified atom stereocenters. The summed E-state index contributed by atoms with van der Waals surface area (Å²) in [5.74, 6) is -0.259. The van der Waals surface area contributed by atoms with Crippen LogP contribution in [0.3, 0.4) is 0 Å². The number of aromatic nitrogens is 2. The molecular weight excluding hydrogens is 382 g/mol. The number of piperidine rings is 2. The van der Waals surface area contributed by atoms with Gasteiger partial charge in [-0.2, -0.15) is 0 Å². The van der Waals surface area contributed by atoms with Gasteiger partial charge in [0.15, 0.2) is 0 Å². The number of hydrogen-bond donors (Lipinski definition) is 2. The third-order valence-electron chi connectivity index (χ3n) is 6.58. The average molecular weight is 414 g/mol. The molecule has 2 aromatic rings.